The van der Waals surface area contributed by atoms with Crippen LogP contribution in [0.25, 0.3) is 0 Å². The highest BCUT2D eigenvalue weighted by Crippen LogP contribution is 2.47. The van der Waals surface area contributed by atoms with Gasteiger partial charge in [0.15, 0.2) is 0 Å². The number of unbranched alkanes of at least 4 members (excludes halogenated alkanes) is 1. The minimum atomic E-state index is -0.0846. The van der Waals surface area contributed by atoms with Crippen molar-refractivity contribution in [3.63, 3.8) is 0 Å². The van der Waals surface area contributed by atoms with Gasteiger partial charge in [-0.25, -0.2) is 0 Å². The van der Waals surface area contributed by atoms with Crippen molar-refractivity contribution >= 4 is 17.7 Å². The number of carbonyl (C=O) groups is 1. The predicted octanol–water partition coefficient (Wildman–Crippen LogP) is 3.48. The number of hydrogen-bond acceptors (Lipinski definition) is 5. The van der Waals surface area contributed by atoms with Crippen LogP contribution in [0.1, 0.15) is 37.1 Å². The number of carbonyl (C=O) groups excluding carboxylic acids is 1. The molecule has 0 saturated carbocycles. The van der Waals surface area contributed by atoms with Gasteiger partial charge < -0.3 is 19.1 Å². The molecule has 23 heavy (non-hydrogen) atoms. The fraction of sp³-hybridized carbons (Fsp3) is 0.588. The van der Waals surface area contributed by atoms with Gasteiger partial charge in [-0.2, -0.15) is 0 Å². The van der Waals surface area contributed by atoms with Crippen LogP contribution < -0.4 is 14.2 Å². The average molecular weight is 339 g/mol. The van der Waals surface area contributed by atoms with Gasteiger partial charge in [0, 0.05) is 30.9 Å². The van der Waals surface area contributed by atoms with Crippen LogP contribution in [0, 0.1) is 0 Å². The third kappa shape index (κ3) is 3.86. The summed E-state index contributed by atoms with van der Waals surface area (Å²) in [5, 5.41) is -0.0846. The van der Waals surface area contributed by atoms with Crippen molar-refractivity contribution < 1.29 is 19.0 Å². The van der Waals surface area contributed by atoms with Crippen LogP contribution in [0.2, 0.25) is 0 Å². The second-order valence-corrected chi connectivity index (χ2v) is 6.55. The van der Waals surface area contributed by atoms with E-state index in [0.717, 1.165) is 30.7 Å². The third-order valence-corrected chi connectivity index (χ3v) is 5.19. The van der Waals surface area contributed by atoms with Crippen molar-refractivity contribution in [3.05, 3.63) is 17.7 Å². The van der Waals surface area contributed by atoms with Gasteiger partial charge in [0.05, 0.1) is 26.9 Å². The Bertz CT molecular complexity index is 524. The number of nitrogens with zero attached hydrogens (tertiary/aromatic N) is 1. The van der Waals surface area contributed by atoms with E-state index in [2.05, 4.69) is 6.92 Å². The highest BCUT2D eigenvalue weighted by molar-refractivity contribution is 7.99. The van der Waals surface area contributed by atoms with E-state index in [4.69, 9.17) is 14.2 Å². The lowest BCUT2D eigenvalue weighted by Crippen LogP contribution is -2.38. The maximum atomic E-state index is 12.4. The van der Waals surface area contributed by atoms with Gasteiger partial charge in [0.2, 0.25) is 5.91 Å². The summed E-state index contributed by atoms with van der Waals surface area (Å²) in [5.74, 6) is 3.06. The standard InChI is InChI=1S/C17H25NO4S/c1-5-6-8-18-15(19)7-9-23-17(18)16-13(21-3)10-12(20-2)11-14(16)22-4/h10-11,17H,5-9H2,1-4H3. The normalized spacial score (nSPS) is 18.0. The largest absolute Gasteiger partial charge is 0.496 e. The van der Waals surface area contributed by atoms with E-state index >= 15 is 0 Å². The summed E-state index contributed by atoms with van der Waals surface area (Å²) in [6.45, 7) is 2.89. The van der Waals surface area contributed by atoms with Gasteiger partial charge in [-0.3, -0.25) is 4.79 Å². The molecule has 1 aromatic carbocycles. The summed E-state index contributed by atoms with van der Waals surface area (Å²) in [7, 11) is 4.87. The van der Waals surface area contributed by atoms with Gasteiger partial charge in [0.1, 0.15) is 22.6 Å². The number of rotatable bonds is 7. The predicted molar refractivity (Wildman–Crippen MR) is 92.5 cm³/mol. The number of benzene rings is 1. The Morgan fingerprint density at radius 2 is 1.83 bits per heavy atom. The number of methoxy groups -OCH3 is 3. The van der Waals surface area contributed by atoms with Crippen molar-refractivity contribution in [1.29, 1.82) is 0 Å². The van der Waals surface area contributed by atoms with Crippen LogP contribution in [0.4, 0.5) is 0 Å². The number of amides is 1. The van der Waals surface area contributed by atoms with Crippen molar-refractivity contribution in [2.45, 2.75) is 31.6 Å². The zero-order valence-corrected chi connectivity index (χ0v) is 15.1. The quantitative estimate of drug-likeness (QED) is 0.761. The minimum absolute atomic E-state index is 0.0846. The second kappa shape index (κ2) is 8.34. The van der Waals surface area contributed by atoms with E-state index in [9.17, 15) is 4.79 Å². The van der Waals surface area contributed by atoms with Gasteiger partial charge in [0.25, 0.3) is 0 Å². The van der Waals surface area contributed by atoms with Crippen LogP contribution in [-0.4, -0.2) is 44.4 Å². The van der Waals surface area contributed by atoms with E-state index in [0.29, 0.717) is 23.7 Å². The van der Waals surface area contributed by atoms with Crippen LogP contribution in [0.3, 0.4) is 0 Å². The minimum Gasteiger partial charge on any atom is -0.496 e. The Morgan fingerprint density at radius 1 is 1.17 bits per heavy atom. The molecule has 0 radical (unpaired) electrons. The molecule has 1 saturated heterocycles. The van der Waals surface area contributed by atoms with Crippen molar-refractivity contribution in [3.8, 4) is 17.2 Å². The molecular formula is C17H25NO4S. The van der Waals surface area contributed by atoms with Crippen LogP contribution in [-0.2, 0) is 4.79 Å². The Morgan fingerprint density at radius 3 is 2.35 bits per heavy atom. The first-order valence-electron chi connectivity index (χ1n) is 7.87. The van der Waals surface area contributed by atoms with E-state index in [1.165, 1.54) is 0 Å². The van der Waals surface area contributed by atoms with Crippen molar-refractivity contribution in [1.82, 2.24) is 4.90 Å². The molecule has 1 aromatic rings. The monoisotopic (exact) mass is 339 g/mol. The van der Waals surface area contributed by atoms with Crippen LogP contribution in [0.15, 0.2) is 12.1 Å². The first kappa shape index (κ1) is 17.8. The first-order chi connectivity index (χ1) is 11.2. The SMILES string of the molecule is CCCCN1C(=O)CCSC1c1c(OC)cc(OC)cc1OC. The molecular weight excluding hydrogens is 314 g/mol. The van der Waals surface area contributed by atoms with Gasteiger partial charge in [-0.05, 0) is 6.42 Å². The smallest absolute Gasteiger partial charge is 0.224 e. The molecule has 1 aliphatic heterocycles. The Hall–Kier alpha value is -1.56. The molecule has 6 heteroatoms. The fourth-order valence-corrected chi connectivity index (χ4v) is 4.03. The second-order valence-electron chi connectivity index (χ2n) is 5.36. The molecule has 2 rings (SSSR count). The van der Waals surface area contributed by atoms with E-state index in [-0.39, 0.29) is 11.3 Å². The van der Waals surface area contributed by atoms with E-state index in [1.54, 1.807) is 33.1 Å². The molecule has 0 aliphatic carbocycles. The highest BCUT2D eigenvalue weighted by atomic mass is 32.2. The van der Waals surface area contributed by atoms with E-state index in [1.807, 2.05) is 17.0 Å². The number of ether oxygens (including phenoxy) is 3. The molecule has 1 amide bonds. The molecule has 0 aromatic heterocycles. The van der Waals surface area contributed by atoms with Crippen LogP contribution >= 0.6 is 11.8 Å². The highest BCUT2D eigenvalue weighted by Gasteiger charge is 2.34. The molecule has 0 N–H and O–H groups in total. The van der Waals surface area contributed by atoms with Crippen molar-refractivity contribution in [2.24, 2.45) is 0 Å². The Kier molecular flexibility index (Phi) is 6.45. The lowest BCUT2D eigenvalue weighted by atomic mass is 10.1. The summed E-state index contributed by atoms with van der Waals surface area (Å²) in [6.07, 6.45) is 2.63. The molecule has 1 fully saturated rings. The molecule has 5 nitrogen and oxygen atoms in total. The lowest BCUT2D eigenvalue weighted by Gasteiger charge is -2.36. The van der Waals surface area contributed by atoms with Gasteiger partial charge >= 0.3 is 0 Å². The fourth-order valence-electron chi connectivity index (χ4n) is 2.71. The molecule has 128 valence electrons. The first-order valence-corrected chi connectivity index (χ1v) is 8.92. The summed E-state index contributed by atoms with van der Waals surface area (Å²) in [5.41, 5.74) is 0.907. The number of hydrogen-bond donors (Lipinski definition) is 0. The lowest BCUT2D eigenvalue weighted by molar-refractivity contribution is -0.132. The molecule has 1 aliphatic rings. The summed E-state index contributed by atoms with van der Waals surface area (Å²) in [6, 6.07) is 3.69. The van der Waals surface area contributed by atoms with Crippen molar-refractivity contribution in [2.75, 3.05) is 33.6 Å². The molecule has 1 heterocycles. The Balaban J connectivity index is 2.46. The Labute approximate surface area is 142 Å². The van der Waals surface area contributed by atoms with E-state index < -0.39 is 0 Å². The molecule has 1 atom stereocenters. The zero-order valence-electron chi connectivity index (χ0n) is 14.3. The van der Waals surface area contributed by atoms with Crippen LogP contribution in [0.5, 0.6) is 17.2 Å². The third-order valence-electron chi connectivity index (χ3n) is 3.95. The molecule has 0 spiro atoms. The number of thioether (sulfide) groups is 1. The topological polar surface area (TPSA) is 48.0 Å². The summed E-state index contributed by atoms with van der Waals surface area (Å²) >= 11 is 1.76. The van der Waals surface area contributed by atoms with Gasteiger partial charge in [-0.15, -0.1) is 11.8 Å². The molecule has 0 bridgehead atoms. The average Bonchev–Trinajstić information content (AvgIpc) is 2.59. The summed E-state index contributed by atoms with van der Waals surface area (Å²) < 4.78 is 16.4. The maximum absolute atomic E-state index is 12.4. The summed E-state index contributed by atoms with van der Waals surface area (Å²) in [4.78, 5) is 14.4. The zero-order chi connectivity index (χ0) is 16.8. The maximum Gasteiger partial charge on any atom is 0.224 e. The van der Waals surface area contributed by atoms with Gasteiger partial charge in [-0.1, -0.05) is 13.3 Å². The molecule has 1 unspecified atom stereocenters.